The molecule has 1 amide bonds. The van der Waals surface area contributed by atoms with Gasteiger partial charge < -0.3 is 15.0 Å². The third-order valence-electron chi connectivity index (χ3n) is 6.00. The number of carbonyl (C=O) groups excluding carboxylic acids is 1. The van der Waals surface area contributed by atoms with E-state index in [2.05, 4.69) is 15.3 Å². The number of likely N-dealkylation sites (tertiary alicyclic amines) is 1. The van der Waals surface area contributed by atoms with Crippen LogP contribution >= 0.6 is 0 Å². The Hall–Kier alpha value is -2.25. The zero-order valence-corrected chi connectivity index (χ0v) is 17.3. The van der Waals surface area contributed by atoms with Gasteiger partial charge in [-0.1, -0.05) is 18.2 Å². The van der Waals surface area contributed by atoms with E-state index >= 15 is 0 Å². The van der Waals surface area contributed by atoms with Crippen molar-refractivity contribution in [3.63, 3.8) is 0 Å². The molecular weight excluding hydrogens is 368 g/mol. The van der Waals surface area contributed by atoms with Crippen LogP contribution in [0.25, 0.3) is 10.8 Å². The third-order valence-corrected chi connectivity index (χ3v) is 6.00. The van der Waals surface area contributed by atoms with Crippen LogP contribution in [0.2, 0.25) is 0 Å². The predicted octanol–water partition coefficient (Wildman–Crippen LogP) is 2.21. The van der Waals surface area contributed by atoms with Gasteiger partial charge in [0.1, 0.15) is 0 Å². The highest BCUT2D eigenvalue weighted by molar-refractivity contribution is 6.04. The van der Waals surface area contributed by atoms with Crippen molar-refractivity contribution < 1.29 is 9.53 Å². The van der Waals surface area contributed by atoms with E-state index in [4.69, 9.17) is 4.74 Å². The lowest BCUT2D eigenvalue weighted by molar-refractivity contribution is 0.0897. The first-order valence-corrected chi connectivity index (χ1v) is 10.7. The van der Waals surface area contributed by atoms with Crippen molar-refractivity contribution in [3.8, 4) is 0 Å². The van der Waals surface area contributed by atoms with E-state index in [1.165, 1.54) is 4.68 Å². The van der Waals surface area contributed by atoms with Crippen LogP contribution in [0.5, 0.6) is 0 Å². The summed E-state index contributed by atoms with van der Waals surface area (Å²) in [6.45, 7) is 8.62. The first-order valence-electron chi connectivity index (χ1n) is 10.7. The van der Waals surface area contributed by atoms with Crippen LogP contribution < -0.4 is 10.9 Å². The number of rotatable bonds is 5. The van der Waals surface area contributed by atoms with Gasteiger partial charge in [0.15, 0.2) is 5.69 Å². The number of fused-ring (bicyclic) bond motifs is 1. The highest BCUT2D eigenvalue weighted by Crippen LogP contribution is 2.19. The molecule has 2 saturated heterocycles. The molecule has 0 saturated carbocycles. The summed E-state index contributed by atoms with van der Waals surface area (Å²) in [5.41, 5.74) is 0.177. The van der Waals surface area contributed by atoms with Gasteiger partial charge in [-0.25, -0.2) is 4.68 Å². The number of hydrogen-bond acceptors (Lipinski definition) is 5. The maximum Gasteiger partial charge on any atom is 0.274 e. The number of ether oxygens (including phenoxy) is 1. The van der Waals surface area contributed by atoms with Crippen LogP contribution in [0.1, 0.15) is 49.6 Å². The zero-order valence-electron chi connectivity index (χ0n) is 17.3. The summed E-state index contributed by atoms with van der Waals surface area (Å²) in [6.07, 6.45) is 3.02. The second kappa shape index (κ2) is 8.63. The second-order valence-electron chi connectivity index (χ2n) is 8.52. The fourth-order valence-electron chi connectivity index (χ4n) is 4.33. The van der Waals surface area contributed by atoms with Crippen LogP contribution in [0.4, 0.5) is 0 Å². The first-order chi connectivity index (χ1) is 14.0. The molecule has 3 heterocycles. The number of amides is 1. The van der Waals surface area contributed by atoms with Crippen molar-refractivity contribution in [3.05, 3.63) is 40.3 Å². The summed E-state index contributed by atoms with van der Waals surface area (Å²) < 4.78 is 6.88. The Morgan fingerprint density at radius 1 is 1.21 bits per heavy atom. The fraction of sp³-hybridized carbons (Fsp3) is 0.591. The van der Waals surface area contributed by atoms with Gasteiger partial charge in [-0.2, -0.15) is 5.10 Å². The molecule has 0 aliphatic carbocycles. The molecule has 1 aromatic heterocycles. The third kappa shape index (κ3) is 4.36. The lowest BCUT2D eigenvalue weighted by Crippen LogP contribution is -2.46. The molecule has 1 atom stereocenters. The number of nitrogens with zero attached hydrogens (tertiary/aromatic N) is 3. The topological polar surface area (TPSA) is 76.5 Å². The summed E-state index contributed by atoms with van der Waals surface area (Å²) in [5.74, 6) is 0.451. The van der Waals surface area contributed by atoms with Crippen LogP contribution in [-0.2, 0) is 4.74 Å². The molecule has 7 heteroatoms. The van der Waals surface area contributed by atoms with Gasteiger partial charge in [0.2, 0.25) is 0 Å². The number of nitrogens with one attached hydrogen (secondary N) is 1. The van der Waals surface area contributed by atoms with Gasteiger partial charge in [0.05, 0.1) is 18.0 Å². The first kappa shape index (κ1) is 20.0. The van der Waals surface area contributed by atoms with E-state index in [1.54, 1.807) is 12.1 Å². The molecule has 2 aliphatic heterocycles. The molecule has 2 fully saturated rings. The van der Waals surface area contributed by atoms with Gasteiger partial charge in [0.25, 0.3) is 11.5 Å². The van der Waals surface area contributed by atoms with Gasteiger partial charge in [-0.3, -0.25) is 9.59 Å². The molecule has 2 aromatic rings. The summed E-state index contributed by atoms with van der Waals surface area (Å²) in [5, 5.41) is 8.73. The monoisotopic (exact) mass is 398 g/mol. The van der Waals surface area contributed by atoms with Gasteiger partial charge in [-0.05, 0) is 45.1 Å². The van der Waals surface area contributed by atoms with Crippen molar-refractivity contribution in [2.24, 2.45) is 5.92 Å². The van der Waals surface area contributed by atoms with Crippen molar-refractivity contribution in [1.82, 2.24) is 20.0 Å². The van der Waals surface area contributed by atoms with Crippen molar-refractivity contribution in [2.75, 3.05) is 32.8 Å². The Bertz CT molecular complexity index is 925. The number of hydrogen-bond donors (Lipinski definition) is 1. The zero-order chi connectivity index (χ0) is 20.4. The summed E-state index contributed by atoms with van der Waals surface area (Å²) in [6, 6.07) is 7.25. The summed E-state index contributed by atoms with van der Waals surface area (Å²) in [7, 11) is 0. The minimum Gasteiger partial charge on any atom is -0.381 e. The number of aromatic nitrogens is 2. The Balaban J connectivity index is 1.46. The summed E-state index contributed by atoms with van der Waals surface area (Å²) in [4.78, 5) is 28.2. The fourth-order valence-corrected chi connectivity index (χ4v) is 4.33. The summed E-state index contributed by atoms with van der Waals surface area (Å²) >= 11 is 0. The van der Waals surface area contributed by atoms with Crippen molar-refractivity contribution >= 4 is 16.7 Å². The Kier molecular flexibility index (Phi) is 5.96. The smallest absolute Gasteiger partial charge is 0.274 e. The van der Waals surface area contributed by atoms with Crippen LogP contribution in [0.15, 0.2) is 29.1 Å². The standard InChI is InChI=1S/C22H30N4O3/c1-15(2)26-22(28)19-6-4-3-5-18(19)20(24-26)21(27)23-17-7-10-25(11-8-17)13-16-9-12-29-14-16/h3-6,15-17H,7-14H2,1-2H3,(H,23,27). The van der Waals surface area contributed by atoms with Gasteiger partial charge in [-0.15, -0.1) is 0 Å². The van der Waals surface area contributed by atoms with E-state index in [-0.39, 0.29) is 23.6 Å². The van der Waals surface area contributed by atoms with E-state index < -0.39 is 0 Å². The van der Waals surface area contributed by atoms with E-state index in [1.807, 2.05) is 26.0 Å². The molecule has 4 rings (SSSR count). The van der Waals surface area contributed by atoms with Crippen LogP contribution in [0.3, 0.4) is 0 Å². The van der Waals surface area contributed by atoms with E-state index in [0.29, 0.717) is 22.4 Å². The molecule has 0 radical (unpaired) electrons. The molecule has 156 valence electrons. The molecule has 2 aliphatic rings. The Morgan fingerprint density at radius 3 is 2.59 bits per heavy atom. The molecule has 29 heavy (non-hydrogen) atoms. The van der Waals surface area contributed by atoms with Gasteiger partial charge in [0, 0.05) is 37.7 Å². The number of piperidine rings is 1. The normalized spacial score (nSPS) is 21.1. The second-order valence-corrected chi connectivity index (χ2v) is 8.52. The molecule has 0 bridgehead atoms. The SMILES string of the molecule is CC(C)n1nc(C(=O)NC2CCN(CC3CCOC3)CC2)c2ccccc2c1=O. The minimum atomic E-state index is -0.196. The highest BCUT2D eigenvalue weighted by atomic mass is 16.5. The molecule has 7 nitrogen and oxygen atoms in total. The lowest BCUT2D eigenvalue weighted by Gasteiger charge is -2.33. The largest absolute Gasteiger partial charge is 0.381 e. The average Bonchev–Trinajstić information content (AvgIpc) is 3.22. The molecular formula is C22H30N4O3. The number of carbonyl (C=O) groups is 1. The minimum absolute atomic E-state index is 0.110. The molecule has 1 aromatic carbocycles. The number of benzene rings is 1. The molecule has 0 spiro atoms. The average molecular weight is 399 g/mol. The quantitative estimate of drug-likeness (QED) is 0.836. The maximum atomic E-state index is 13.1. The van der Waals surface area contributed by atoms with E-state index in [9.17, 15) is 9.59 Å². The Labute approximate surface area is 171 Å². The highest BCUT2D eigenvalue weighted by Gasteiger charge is 2.26. The molecule has 1 N–H and O–H groups in total. The molecule has 1 unspecified atom stereocenters. The maximum absolute atomic E-state index is 13.1. The van der Waals surface area contributed by atoms with Crippen molar-refractivity contribution in [1.29, 1.82) is 0 Å². The van der Waals surface area contributed by atoms with E-state index in [0.717, 1.165) is 52.1 Å². The van der Waals surface area contributed by atoms with Gasteiger partial charge >= 0.3 is 0 Å². The lowest BCUT2D eigenvalue weighted by atomic mass is 10.0. The van der Waals surface area contributed by atoms with Crippen LogP contribution in [-0.4, -0.2) is 59.5 Å². The Morgan fingerprint density at radius 2 is 1.93 bits per heavy atom. The predicted molar refractivity (Wildman–Crippen MR) is 112 cm³/mol. The van der Waals surface area contributed by atoms with Crippen LogP contribution in [0, 0.1) is 5.92 Å². The van der Waals surface area contributed by atoms with Crippen molar-refractivity contribution in [2.45, 2.75) is 45.2 Å².